The van der Waals surface area contributed by atoms with Crippen molar-refractivity contribution < 1.29 is 14.6 Å². The zero-order valence-corrected chi connectivity index (χ0v) is 9.40. The zero-order valence-electron chi connectivity index (χ0n) is 9.40. The van der Waals surface area contributed by atoms with E-state index in [9.17, 15) is 9.90 Å². The Morgan fingerprint density at radius 2 is 2.40 bits per heavy atom. The summed E-state index contributed by atoms with van der Waals surface area (Å²) in [5.74, 6) is 0.309. The van der Waals surface area contributed by atoms with Crippen molar-refractivity contribution in [2.24, 2.45) is 5.92 Å². The first-order valence-corrected chi connectivity index (χ1v) is 5.56. The number of ether oxygens (including phenoxy) is 1. The number of methoxy groups -OCH3 is 1. The van der Waals surface area contributed by atoms with Crippen LogP contribution in [0.15, 0.2) is 0 Å². The van der Waals surface area contributed by atoms with Crippen LogP contribution in [0.3, 0.4) is 0 Å². The highest BCUT2D eigenvalue weighted by Gasteiger charge is 2.55. The summed E-state index contributed by atoms with van der Waals surface area (Å²) in [6.07, 6.45) is 1.87. The molecule has 0 spiro atoms. The van der Waals surface area contributed by atoms with Crippen LogP contribution in [-0.2, 0) is 9.53 Å². The molecule has 1 unspecified atom stereocenters. The van der Waals surface area contributed by atoms with Crippen molar-refractivity contribution in [3.05, 3.63) is 0 Å². The third kappa shape index (κ3) is 1.43. The fourth-order valence-electron chi connectivity index (χ4n) is 3.17. The Labute approximate surface area is 90.2 Å². The predicted octanol–water partition coefficient (Wildman–Crippen LogP) is 0.0471. The second kappa shape index (κ2) is 3.85. The normalized spacial score (nSPS) is 44.7. The lowest BCUT2D eigenvalue weighted by molar-refractivity contribution is -0.164. The van der Waals surface area contributed by atoms with Gasteiger partial charge < -0.3 is 9.84 Å². The first kappa shape index (κ1) is 11.0. The second-order valence-electron chi connectivity index (χ2n) is 4.75. The van der Waals surface area contributed by atoms with E-state index >= 15 is 0 Å². The third-order valence-corrected chi connectivity index (χ3v) is 3.90. The van der Waals surface area contributed by atoms with Gasteiger partial charge in [0.2, 0.25) is 0 Å². The van der Waals surface area contributed by atoms with Crippen molar-refractivity contribution in [3.63, 3.8) is 0 Å². The van der Waals surface area contributed by atoms with Crippen molar-refractivity contribution >= 4 is 5.78 Å². The van der Waals surface area contributed by atoms with Crippen LogP contribution >= 0.6 is 0 Å². The molecule has 15 heavy (non-hydrogen) atoms. The van der Waals surface area contributed by atoms with E-state index in [0.717, 1.165) is 19.4 Å². The summed E-state index contributed by atoms with van der Waals surface area (Å²) in [6.45, 7) is 3.21. The van der Waals surface area contributed by atoms with Gasteiger partial charge in [0.15, 0.2) is 5.78 Å². The Balaban J connectivity index is 2.32. The van der Waals surface area contributed by atoms with Crippen molar-refractivity contribution in [1.82, 2.24) is 4.90 Å². The molecule has 2 bridgehead atoms. The van der Waals surface area contributed by atoms with Crippen LogP contribution in [0, 0.1) is 5.92 Å². The molecule has 0 aliphatic carbocycles. The highest BCUT2D eigenvalue weighted by atomic mass is 16.5. The van der Waals surface area contributed by atoms with Crippen molar-refractivity contribution in [2.45, 2.75) is 31.3 Å². The molecule has 0 aromatic heterocycles. The van der Waals surface area contributed by atoms with Crippen LogP contribution in [0.2, 0.25) is 0 Å². The average Bonchev–Trinajstić information content (AvgIpc) is 2.24. The molecule has 3 rings (SSSR count). The quantitative estimate of drug-likeness (QED) is 0.719. The first-order valence-electron chi connectivity index (χ1n) is 5.56. The molecule has 3 heterocycles. The number of ketones is 1. The summed E-state index contributed by atoms with van der Waals surface area (Å²) in [7, 11) is 1.58. The molecular weight excluding hydrogens is 194 g/mol. The van der Waals surface area contributed by atoms with Crippen molar-refractivity contribution in [1.29, 1.82) is 0 Å². The van der Waals surface area contributed by atoms with Gasteiger partial charge in [-0.25, -0.2) is 0 Å². The first-order chi connectivity index (χ1) is 7.15. The maximum absolute atomic E-state index is 12.2. The number of fused-ring (bicyclic) bond motifs is 3. The van der Waals surface area contributed by atoms with Crippen LogP contribution in [0.5, 0.6) is 0 Å². The number of hydrogen-bond donors (Lipinski definition) is 1. The molecule has 3 aliphatic heterocycles. The van der Waals surface area contributed by atoms with Crippen LogP contribution < -0.4 is 0 Å². The molecule has 4 nitrogen and oxygen atoms in total. The predicted molar refractivity (Wildman–Crippen MR) is 55.6 cm³/mol. The summed E-state index contributed by atoms with van der Waals surface area (Å²) in [5.41, 5.74) is -0.755. The second-order valence-corrected chi connectivity index (χ2v) is 4.75. The monoisotopic (exact) mass is 213 g/mol. The Morgan fingerprint density at radius 1 is 1.67 bits per heavy atom. The molecule has 1 N–H and O–H groups in total. The molecule has 3 fully saturated rings. The third-order valence-electron chi connectivity index (χ3n) is 3.90. The number of aliphatic hydroxyl groups is 1. The molecule has 0 saturated carbocycles. The minimum Gasteiger partial charge on any atom is -0.394 e. The van der Waals surface area contributed by atoms with Gasteiger partial charge in [0, 0.05) is 25.6 Å². The van der Waals surface area contributed by atoms with Gasteiger partial charge in [-0.3, -0.25) is 9.69 Å². The van der Waals surface area contributed by atoms with Crippen LogP contribution in [0.25, 0.3) is 0 Å². The Hall–Kier alpha value is -0.450. The Bertz CT molecular complexity index is 269. The fraction of sp³-hybridized carbons (Fsp3) is 0.909. The smallest absolute Gasteiger partial charge is 0.161 e. The minimum atomic E-state index is -0.755. The Morgan fingerprint density at radius 3 is 2.93 bits per heavy atom. The van der Waals surface area contributed by atoms with Gasteiger partial charge in [0.1, 0.15) is 5.54 Å². The number of carbonyl (C=O) groups is 1. The van der Waals surface area contributed by atoms with Crippen LogP contribution in [-0.4, -0.2) is 54.2 Å². The lowest BCUT2D eigenvalue weighted by Gasteiger charge is -2.55. The van der Waals surface area contributed by atoms with E-state index in [1.54, 1.807) is 7.11 Å². The maximum atomic E-state index is 12.2. The number of carbonyl (C=O) groups excluding carboxylic acids is 1. The van der Waals surface area contributed by atoms with E-state index in [1.807, 2.05) is 0 Å². The summed E-state index contributed by atoms with van der Waals surface area (Å²) >= 11 is 0. The van der Waals surface area contributed by atoms with Gasteiger partial charge in [-0.1, -0.05) is 0 Å². The SMILES string of the molecule is COC[C@@]1(CO)C(=O)[C@@H]2CCN1[C@H](C)C2. The van der Waals surface area contributed by atoms with E-state index < -0.39 is 5.54 Å². The molecule has 86 valence electrons. The minimum absolute atomic E-state index is 0.124. The molecule has 0 aromatic rings. The van der Waals surface area contributed by atoms with Crippen molar-refractivity contribution in [2.75, 3.05) is 26.9 Å². The van der Waals surface area contributed by atoms with Gasteiger partial charge in [-0.2, -0.15) is 0 Å². The molecule has 4 heteroatoms. The largest absolute Gasteiger partial charge is 0.394 e. The topological polar surface area (TPSA) is 49.8 Å². The number of Topliss-reactive ketones (excluding diaryl/α,β-unsaturated/α-hetero) is 1. The fourth-order valence-corrected chi connectivity index (χ4v) is 3.17. The number of hydrogen-bond acceptors (Lipinski definition) is 4. The summed E-state index contributed by atoms with van der Waals surface area (Å²) in [6, 6.07) is 0.378. The lowest BCUT2D eigenvalue weighted by atomic mass is 9.71. The zero-order chi connectivity index (χ0) is 11.1. The molecule has 3 aliphatic rings. The lowest BCUT2D eigenvalue weighted by Crippen LogP contribution is -2.71. The number of nitrogens with zero attached hydrogens (tertiary/aromatic N) is 1. The van der Waals surface area contributed by atoms with Gasteiger partial charge >= 0.3 is 0 Å². The van der Waals surface area contributed by atoms with Crippen molar-refractivity contribution in [3.8, 4) is 0 Å². The maximum Gasteiger partial charge on any atom is 0.161 e. The number of piperidine rings is 3. The van der Waals surface area contributed by atoms with E-state index in [2.05, 4.69) is 11.8 Å². The number of aliphatic hydroxyl groups excluding tert-OH is 1. The highest BCUT2D eigenvalue weighted by Crippen LogP contribution is 2.39. The average molecular weight is 213 g/mol. The van der Waals surface area contributed by atoms with Gasteiger partial charge in [0.25, 0.3) is 0 Å². The molecule has 0 aromatic carbocycles. The standard InChI is InChI=1S/C11H19NO3/c1-8-5-9-3-4-12(8)11(6-13,7-15-2)10(9)14/h8-9,13H,3-7H2,1-2H3/t8-,9-,11+/m1/s1. The van der Waals surface area contributed by atoms with Crippen LogP contribution in [0.4, 0.5) is 0 Å². The molecule has 0 amide bonds. The molecule has 3 saturated heterocycles. The van der Waals surface area contributed by atoms with E-state index in [1.165, 1.54) is 0 Å². The van der Waals surface area contributed by atoms with E-state index in [0.29, 0.717) is 12.6 Å². The van der Waals surface area contributed by atoms with E-state index in [-0.39, 0.29) is 18.3 Å². The van der Waals surface area contributed by atoms with Gasteiger partial charge in [0.05, 0.1) is 13.2 Å². The Kier molecular flexibility index (Phi) is 2.83. The van der Waals surface area contributed by atoms with Crippen LogP contribution in [0.1, 0.15) is 19.8 Å². The van der Waals surface area contributed by atoms with E-state index in [4.69, 9.17) is 4.74 Å². The molecule has 0 radical (unpaired) electrons. The van der Waals surface area contributed by atoms with Gasteiger partial charge in [-0.15, -0.1) is 0 Å². The summed E-state index contributed by atoms with van der Waals surface area (Å²) < 4.78 is 5.12. The highest BCUT2D eigenvalue weighted by molar-refractivity contribution is 5.92. The summed E-state index contributed by atoms with van der Waals surface area (Å²) in [4.78, 5) is 14.3. The molecule has 4 atom stereocenters. The summed E-state index contributed by atoms with van der Waals surface area (Å²) in [5, 5.41) is 9.54. The van der Waals surface area contributed by atoms with Gasteiger partial charge in [-0.05, 0) is 19.8 Å². The number of rotatable bonds is 3. The molecular formula is C11H19NO3.